The van der Waals surface area contributed by atoms with Gasteiger partial charge in [-0.15, -0.1) is 6.58 Å². The molecule has 0 amide bonds. The molecular weight excluding hydrogens is 212 g/mol. The molecule has 12 heavy (non-hydrogen) atoms. The van der Waals surface area contributed by atoms with Crippen molar-refractivity contribution in [2.75, 3.05) is 0 Å². The Bertz CT molecular complexity index is 153. The van der Waals surface area contributed by atoms with Crippen molar-refractivity contribution in [2.24, 2.45) is 5.41 Å². The Hall–Kier alpha value is 0.220. The molecule has 2 unspecified atom stereocenters. The fourth-order valence-electron chi connectivity index (χ4n) is 2.14. The van der Waals surface area contributed by atoms with Crippen molar-refractivity contribution in [3.8, 4) is 0 Å². The minimum absolute atomic E-state index is 0.622. The van der Waals surface area contributed by atoms with Crippen LogP contribution in [0.4, 0.5) is 0 Å². The van der Waals surface area contributed by atoms with Crippen LogP contribution in [0.25, 0.3) is 0 Å². The molecule has 0 radical (unpaired) electrons. The van der Waals surface area contributed by atoms with Crippen LogP contribution in [-0.2, 0) is 0 Å². The second kappa shape index (κ2) is 4.45. The van der Waals surface area contributed by atoms with Crippen molar-refractivity contribution in [1.29, 1.82) is 0 Å². The van der Waals surface area contributed by atoms with E-state index in [2.05, 4.69) is 29.4 Å². The van der Waals surface area contributed by atoms with E-state index in [1.165, 1.54) is 38.5 Å². The minimum atomic E-state index is 0.622. The first-order valence-corrected chi connectivity index (χ1v) is 5.83. The molecule has 0 N–H and O–H groups in total. The van der Waals surface area contributed by atoms with Gasteiger partial charge in [-0.3, -0.25) is 0 Å². The lowest BCUT2D eigenvalue weighted by Crippen LogP contribution is -2.11. The quantitative estimate of drug-likeness (QED) is 0.384. The standard InChI is InChI=1S/C11H19Br/c1-3-4-5-7-11(2)8-6-10(12)9-11/h3,10H,1,4-9H2,2H3. The Morgan fingerprint density at radius 2 is 2.42 bits per heavy atom. The molecule has 1 heteroatoms. The summed E-state index contributed by atoms with van der Waals surface area (Å²) < 4.78 is 0. The fourth-order valence-corrected chi connectivity index (χ4v) is 3.15. The maximum Gasteiger partial charge on any atom is 0.0151 e. The van der Waals surface area contributed by atoms with Crippen LogP contribution in [0.5, 0.6) is 0 Å². The molecule has 1 saturated carbocycles. The average molecular weight is 231 g/mol. The van der Waals surface area contributed by atoms with Gasteiger partial charge in [0.2, 0.25) is 0 Å². The molecule has 0 aliphatic heterocycles. The van der Waals surface area contributed by atoms with E-state index in [4.69, 9.17) is 0 Å². The number of alkyl halides is 1. The summed E-state index contributed by atoms with van der Waals surface area (Å²) in [5.41, 5.74) is 0.622. The lowest BCUT2D eigenvalue weighted by Gasteiger charge is -2.23. The molecule has 1 aliphatic carbocycles. The predicted molar refractivity (Wildman–Crippen MR) is 58.7 cm³/mol. The van der Waals surface area contributed by atoms with Crippen LogP contribution in [0.3, 0.4) is 0 Å². The fraction of sp³-hybridized carbons (Fsp3) is 0.818. The largest absolute Gasteiger partial charge is 0.103 e. The van der Waals surface area contributed by atoms with Crippen LogP contribution in [0.15, 0.2) is 12.7 Å². The molecule has 0 aromatic rings. The number of allylic oxidation sites excluding steroid dienone is 1. The second-order valence-corrected chi connectivity index (χ2v) is 5.63. The number of halogens is 1. The summed E-state index contributed by atoms with van der Waals surface area (Å²) in [5, 5.41) is 0. The third-order valence-electron chi connectivity index (χ3n) is 2.96. The van der Waals surface area contributed by atoms with Gasteiger partial charge in [-0.2, -0.15) is 0 Å². The first kappa shape index (κ1) is 10.3. The molecule has 1 aliphatic rings. The number of hydrogen-bond donors (Lipinski definition) is 0. The van der Waals surface area contributed by atoms with Gasteiger partial charge in [-0.1, -0.05) is 28.9 Å². The van der Waals surface area contributed by atoms with Gasteiger partial charge in [-0.25, -0.2) is 0 Å². The van der Waals surface area contributed by atoms with Gasteiger partial charge >= 0.3 is 0 Å². The second-order valence-electron chi connectivity index (χ2n) is 4.33. The molecular formula is C11H19Br. The highest BCUT2D eigenvalue weighted by atomic mass is 79.9. The van der Waals surface area contributed by atoms with Crippen molar-refractivity contribution in [1.82, 2.24) is 0 Å². The van der Waals surface area contributed by atoms with E-state index in [1.807, 2.05) is 6.08 Å². The molecule has 0 heterocycles. The van der Waals surface area contributed by atoms with E-state index in [0.29, 0.717) is 5.41 Å². The zero-order valence-corrected chi connectivity index (χ0v) is 9.57. The normalized spacial score (nSPS) is 35.3. The van der Waals surface area contributed by atoms with E-state index in [9.17, 15) is 0 Å². The molecule has 1 rings (SSSR count). The van der Waals surface area contributed by atoms with Crippen molar-refractivity contribution in [3.63, 3.8) is 0 Å². The number of unbranched alkanes of at least 4 members (excludes halogenated alkanes) is 1. The Labute approximate surface area is 84.6 Å². The van der Waals surface area contributed by atoms with E-state index in [0.717, 1.165) is 4.83 Å². The molecule has 2 atom stereocenters. The van der Waals surface area contributed by atoms with Gasteiger partial charge < -0.3 is 0 Å². The van der Waals surface area contributed by atoms with Crippen LogP contribution in [0.2, 0.25) is 0 Å². The number of rotatable bonds is 4. The van der Waals surface area contributed by atoms with Gasteiger partial charge in [0, 0.05) is 4.83 Å². The maximum absolute atomic E-state index is 3.75. The Kier molecular flexibility index (Phi) is 3.82. The molecule has 0 aromatic carbocycles. The molecule has 0 saturated heterocycles. The molecule has 1 fully saturated rings. The van der Waals surface area contributed by atoms with Crippen molar-refractivity contribution >= 4 is 15.9 Å². The molecule has 70 valence electrons. The van der Waals surface area contributed by atoms with Gasteiger partial charge in [-0.05, 0) is 43.9 Å². The summed E-state index contributed by atoms with van der Waals surface area (Å²) in [7, 11) is 0. The van der Waals surface area contributed by atoms with Crippen LogP contribution in [-0.4, -0.2) is 4.83 Å². The number of hydrogen-bond acceptors (Lipinski definition) is 0. The topological polar surface area (TPSA) is 0 Å². The molecule has 0 nitrogen and oxygen atoms in total. The highest BCUT2D eigenvalue weighted by molar-refractivity contribution is 9.09. The summed E-state index contributed by atoms with van der Waals surface area (Å²) in [4.78, 5) is 0.784. The monoisotopic (exact) mass is 230 g/mol. The van der Waals surface area contributed by atoms with Gasteiger partial charge in [0.15, 0.2) is 0 Å². The third kappa shape index (κ3) is 2.93. The Morgan fingerprint density at radius 1 is 1.67 bits per heavy atom. The third-order valence-corrected chi connectivity index (χ3v) is 3.75. The van der Waals surface area contributed by atoms with E-state index >= 15 is 0 Å². The van der Waals surface area contributed by atoms with Crippen molar-refractivity contribution in [2.45, 2.75) is 50.3 Å². The predicted octanol–water partition coefficient (Wildman–Crippen LogP) is 4.30. The van der Waals surface area contributed by atoms with Crippen LogP contribution >= 0.6 is 15.9 Å². The minimum Gasteiger partial charge on any atom is -0.103 e. The lowest BCUT2D eigenvalue weighted by atomic mass is 9.83. The SMILES string of the molecule is C=CCCCC1(C)CCC(Br)C1. The molecule has 0 aromatic heterocycles. The van der Waals surface area contributed by atoms with Crippen LogP contribution < -0.4 is 0 Å². The summed E-state index contributed by atoms with van der Waals surface area (Å²) in [5.74, 6) is 0. The maximum atomic E-state index is 3.75. The summed E-state index contributed by atoms with van der Waals surface area (Å²) in [6.07, 6.45) is 10.0. The lowest BCUT2D eigenvalue weighted by molar-refractivity contribution is 0.302. The van der Waals surface area contributed by atoms with Gasteiger partial charge in [0.05, 0.1) is 0 Å². The summed E-state index contributed by atoms with van der Waals surface area (Å²) in [6.45, 7) is 6.18. The molecule has 0 spiro atoms. The van der Waals surface area contributed by atoms with Crippen molar-refractivity contribution in [3.05, 3.63) is 12.7 Å². The summed E-state index contributed by atoms with van der Waals surface area (Å²) >= 11 is 3.70. The van der Waals surface area contributed by atoms with E-state index in [-0.39, 0.29) is 0 Å². The Morgan fingerprint density at radius 3 is 2.92 bits per heavy atom. The van der Waals surface area contributed by atoms with E-state index < -0.39 is 0 Å². The van der Waals surface area contributed by atoms with Crippen molar-refractivity contribution < 1.29 is 0 Å². The zero-order chi connectivity index (χ0) is 9.03. The van der Waals surface area contributed by atoms with E-state index in [1.54, 1.807) is 0 Å². The summed E-state index contributed by atoms with van der Waals surface area (Å²) in [6, 6.07) is 0. The Balaban J connectivity index is 2.25. The van der Waals surface area contributed by atoms with Crippen LogP contribution in [0.1, 0.15) is 45.4 Å². The van der Waals surface area contributed by atoms with Crippen LogP contribution in [0, 0.1) is 5.41 Å². The highest BCUT2D eigenvalue weighted by Gasteiger charge is 2.32. The highest BCUT2D eigenvalue weighted by Crippen LogP contribution is 2.44. The molecule has 0 bridgehead atoms. The van der Waals surface area contributed by atoms with Gasteiger partial charge in [0.25, 0.3) is 0 Å². The first-order valence-electron chi connectivity index (χ1n) is 4.91. The smallest absolute Gasteiger partial charge is 0.0151 e. The van der Waals surface area contributed by atoms with Gasteiger partial charge in [0.1, 0.15) is 0 Å². The zero-order valence-electron chi connectivity index (χ0n) is 7.98. The first-order chi connectivity index (χ1) is 5.66. The average Bonchev–Trinajstić information content (AvgIpc) is 2.32.